The number of hydrogen-bond acceptors (Lipinski definition) is 6. The molecular weight excluding hydrogens is 773 g/mol. The van der Waals surface area contributed by atoms with Crippen molar-refractivity contribution in [2.75, 3.05) is 28.2 Å². The largest absolute Gasteiger partial charge is 0.412 e. The molecule has 6 N–H and O–H groups in total. The molecule has 0 saturated carbocycles. The molecule has 4 amide bonds. The van der Waals surface area contributed by atoms with E-state index >= 15 is 0 Å². The van der Waals surface area contributed by atoms with Gasteiger partial charge in [-0.1, -0.05) is 121 Å². The first-order valence-electron chi connectivity index (χ1n) is 17.7. The lowest BCUT2D eigenvalue weighted by Gasteiger charge is -2.26. The maximum atomic E-state index is 13.2. The van der Waals surface area contributed by atoms with Gasteiger partial charge in [0.05, 0.1) is 0 Å². The number of benzene rings is 5. The van der Waals surface area contributed by atoms with E-state index in [0.29, 0.717) is 47.5 Å². The Kier molecular flexibility index (Phi) is 23.4. The van der Waals surface area contributed by atoms with Crippen LogP contribution in [0.4, 0.5) is 0 Å². The molecule has 0 radical (unpaired) electrons. The van der Waals surface area contributed by atoms with Crippen LogP contribution in [0.2, 0.25) is 0 Å². The van der Waals surface area contributed by atoms with Gasteiger partial charge in [0.1, 0.15) is 0 Å². The molecule has 306 valence electrons. The van der Waals surface area contributed by atoms with Crippen LogP contribution in [0.25, 0.3) is 0 Å². The van der Waals surface area contributed by atoms with E-state index in [9.17, 15) is 19.2 Å². The number of carbonyl (C=O) groups excluding carboxylic acids is 4. The lowest BCUT2D eigenvalue weighted by atomic mass is 10.1. The van der Waals surface area contributed by atoms with Gasteiger partial charge in [-0.25, -0.2) is 0 Å². The smallest absolute Gasteiger partial charge is 0.257 e. The Morgan fingerprint density at radius 3 is 0.845 bits per heavy atom. The van der Waals surface area contributed by atoms with Crippen LogP contribution >= 0.6 is 24.4 Å². The molecule has 0 aliphatic heterocycles. The normalized spacial score (nSPS) is 9.45. The number of amides is 4. The average molecular weight is 825 g/mol. The second-order valence-electron chi connectivity index (χ2n) is 12.9. The third-order valence-corrected chi connectivity index (χ3v) is 8.43. The van der Waals surface area contributed by atoms with Gasteiger partial charge in [-0.05, 0) is 71.0 Å². The maximum Gasteiger partial charge on any atom is 0.257 e. The first kappa shape index (κ1) is 49.7. The first-order chi connectivity index (χ1) is 27.0. The molecule has 12 nitrogen and oxygen atoms in total. The molecule has 0 bridgehead atoms. The highest BCUT2D eigenvalue weighted by Crippen LogP contribution is 2.14. The Balaban J connectivity index is 0.00000125. The van der Waals surface area contributed by atoms with Gasteiger partial charge in [0.2, 0.25) is 12.8 Å². The summed E-state index contributed by atoms with van der Waals surface area (Å²) in [6.07, 6.45) is 1.50. The minimum Gasteiger partial charge on any atom is -0.412 e. The maximum absolute atomic E-state index is 13.2. The summed E-state index contributed by atoms with van der Waals surface area (Å²) < 4.78 is 0. The molecule has 0 atom stereocenters. The van der Waals surface area contributed by atoms with Crippen LogP contribution in [-0.4, -0.2) is 93.6 Å². The molecule has 0 aliphatic carbocycles. The van der Waals surface area contributed by atoms with Crippen molar-refractivity contribution < 1.29 is 30.1 Å². The lowest BCUT2D eigenvalue weighted by Crippen LogP contribution is -2.42. The summed E-state index contributed by atoms with van der Waals surface area (Å²) in [6.45, 7) is 2.16. The highest BCUT2D eigenvalue weighted by molar-refractivity contribution is 7.80. The van der Waals surface area contributed by atoms with Gasteiger partial charge in [-0.15, -0.1) is 0 Å². The van der Waals surface area contributed by atoms with E-state index in [-0.39, 0.29) is 22.8 Å². The summed E-state index contributed by atoms with van der Waals surface area (Å²) in [5.41, 5.74) is 5.08. The third-order valence-electron chi connectivity index (χ3n) is 7.71. The second kappa shape index (κ2) is 27.3. The number of thiocarbonyl (C=S) groups is 2. The Morgan fingerprint density at radius 1 is 0.448 bits per heavy atom. The standard InChI is InChI=1S/C38H34N4O2S2.2C3H7NO.2H2O/c43-35(39-37(45)41(25-29-13-5-1-6-14-29)26-30-15-7-2-8-16-30)33-21-23-34(24-22-33)36(44)40-38(46)42(27-31-17-9-3-10-18-31)28-32-19-11-4-12-20-32;2*1-4(2)3-5;;/h1-24H,25-28H2,(H,39,43,45)(H,40,44,46);2*3H,1-2H3;2*1H2. The van der Waals surface area contributed by atoms with Crippen LogP contribution in [0.5, 0.6) is 0 Å². The lowest BCUT2D eigenvalue weighted by molar-refractivity contribution is -0.116. The van der Waals surface area contributed by atoms with Gasteiger partial charge in [-0.3, -0.25) is 29.8 Å². The summed E-state index contributed by atoms with van der Waals surface area (Å²) in [5.74, 6) is -0.703. The van der Waals surface area contributed by atoms with Gasteiger partial charge >= 0.3 is 0 Å². The second-order valence-corrected chi connectivity index (χ2v) is 13.7. The van der Waals surface area contributed by atoms with E-state index in [1.807, 2.05) is 131 Å². The van der Waals surface area contributed by atoms with Gasteiger partial charge in [-0.2, -0.15) is 0 Å². The van der Waals surface area contributed by atoms with E-state index < -0.39 is 0 Å². The molecule has 0 saturated heterocycles. The van der Waals surface area contributed by atoms with Crippen molar-refractivity contribution in [1.29, 1.82) is 0 Å². The number of rotatable bonds is 12. The Bertz CT molecular complexity index is 1750. The van der Waals surface area contributed by atoms with Crippen molar-refractivity contribution in [3.05, 3.63) is 179 Å². The highest BCUT2D eigenvalue weighted by atomic mass is 32.1. The van der Waals surface area contributed by atoms with Crippen molar-refractivity contribution in [1.82, 2.24) is 30.2 Å². The van der Waals surface area contributed by atoms with Gasteiger partial charge in [0, 0.05) is 65.5 Å². The molecule has 0 spiro atoms. The van der Waals surface area contributed by atoms with E-state index in [0.717, 1.165) is 35.1 Å². The fourth-order valence-corrected chi connectivity index (χ4v) is 5.33. The van der Waals surface area contributed by atoms with Crippen molar-refractivity contribution >= 4 is 59.3 Å². The van der Waals surface area contributed by atoms with Crippen molar-refractivity contribution in [2.24, 2.45) is 0 Å². The summed E-state index contributed by atoms with van der Waals surface area (Å²) >= 11 is 11.4. The van der Waals surface area contributed by atoms with Crippen LogP contribution in [0.15, 0.2) is 146 Å². The van der Waals surface area contributed by atoms with Crippen molar-refractivity contribution in [2.45, 2.75) is 26.2 Å². The molecular formula is C44H52N6O6S2. The van der Waals surface area contributed by atoms with Gasteiger partial charge in [0.25, 0.3) is 11.8 Å². The Morgan fingerprint density at radius 2 is 0.655 bits per heavy atom. The van der Waals surface area contributed by atoms with E-state index in [2.05, 4.69) is 10.6 Å². The zero-order chi connectivity index (χ0) is 40.7. The molecule has 14 heteroatoms. The van der Waals surface area contributed by atoms with Gasteiger partial charge < -0.3 is 30.6 Å². The molecule has 0 aliphatic rings. The van der Waals surface area contributed by atoms with Crippen molar-refractivity contribution in [3.8, 4) is 0 Å². The van der Waals surface area contributed by atoms with Crippen molar-refractivity contribution in [3.63, 3.8) is 0 Å². The molecule has 5 aromatic rings. The quantitative estimate of drug-likeness (QED) is 0.133. The molecule has 0 heterocycles. The summed E-state index contributed by atoms with van der Waals surface area (Å²) in [5, 5.41) is 6.38. The summed E-state index contributed by atoms with van der Waals surface area (Å²) in [4.78, 5) is 52.1. The van der Waals surface area contributed by atoms with Crippen LogP contribution in [0.1, 0.15) is 43.0 Å². The van der Waals surface area contributed by atoms with E-state index in [1.165, 1.54) is 9.80 Å². The highest BCUT2D eigenvalue weighted by Gasteiger charge is 2.18. The topological polar surface area (TPSA) is 168 Å². The minimum absolute atomic E-state index is 0. The monoisotopic (exact) mass is 824 g/mol. The molecule has 0 aromatic heterocycles. The first-order valence-corrected chi connectivity index (χ1v) is 18.5. The molecule has 5 rings (SSSR count). The van der Waals surface area contributed by atoms with Crippen LogP contribution in [0, 0.1) is 0 Å². The zero-order valence-electron chi connectivity index (χ0n) is 33.1. The predicted molar refractivity (Wildman–Crippen MR) is 238 cm³/mol. The minimum atomic E-state index is -0.351. The third kappa shape index (κ3) is 18.5. The summed E-state index contributed by atoms with van der Waals surface area (Å²) in [6, 6.07) is 46.4. The fraction of sp³-hybridized carbons (Fsp3) is 0.182. The molecule has 5 aromatic carbocycles. The number of nitrogens with one attached hydrogen (secondary N) is 2. The molecule has 0 unspecified atom stereocenters. The Labute approximate surface area is 351 Å². The summed E-state index contributed by atoms with van der Waals surface area (Å²) in [7, 11) is 6.75. The predicted octanol–water partition coefficient (Wildman–Crippen LogP) is 4.88. The Hall–Kier alpha value is -6.32. The molecule has 0 fully saturated rings. The van der Waals surface area contributed by atoms with Crippen LogP contribution < -0.4 is 10.6 Å². The van der Waals surface area contributed by atoms with E-state index in [4.69, 9.17) is 24.4 Å². The fourth-order valence-electron chi connectivity index (χ4n) is 4.88. The average Bonchev–Trinajstić information content (AvgIpc) is 3.22. The SMILES string of the molecule is CN(C)C=O.CN(C)C=O.O.O.O=C(NC(=S)N(Cc1ccccc1)Cc1ccccc1)c1ccc(C(=O)NC(=S)N(Cc2ccccc2)Cc2ccccc2)cc1. The van der Waals surface area contributed by atoms with Crippen LogP contribution in [0.3, 0.4) is 0 Å². The zero-order valence-corrected chi connectivity index (χ0v) is 34.7. The van der Waals surface area contributed by atoms with Crippen LogP contribution in [-0.2, 0) is 35.8 Å². The number of nitrogens with zero attached hydrogens (tertiary/aromatic N) is 4. The van der Waals surface area contributed by atoms with E-state index in [1.54, 1.807) is 52.5 Å². The number of carbonyl (C=O) groups is 4. The number of hydrogen-bond donors (Lipinski definition) is 2. The van der Waals surface area contributed by atoms with Gasteiger partial charge in [0.15, 0.2) is 10.2 Å². The molecule has 58 heavy (non-hydrogen) atoms.